The van der Waals surface area contributed by atoms with Crippen LogP contribution in [0.1, 0.15) is 58.3 Å². The van der Waals surface area contributed by atoms with Gasteiger partial charge in [-0.15, -0.1) is 0 Å². The fourth-order valence-corrected chi connectivity index (χ4v) is 2.61. The minimum atomic E-state index is -0.306. The van der Waals surface area contributed by atoms with Gasteiger partial charge in [0.2, 0.25) is 0 Å². The molecular weight excluding hydrogens is 218 g/mol. The summed E-state index contributed by atoms with van der Waals surface area (Å²) >= 11 is 1.83. The van der Waals surface area contributed by atoms with Gasteiger partial charge in [0, 0.05) is 12.3 Å². The van der Waals surface area contributed by atoms with Crippen molar-refractivity contribution in [1.29, 1.82) is 0 Å². The van der Waals surface area contributed by atoms with Gasteiger partial charge in [-0.25, -0.2) is 0 Å². The van der Waals surface area contributed by atoms with E-state index in [1.54, 1.807) is 0 Å². The smallest absolute Gasteiger partial charge is 0.0752 e. The molecule has 1 unspecified atom stereocenters. The maximum atomic E-state index is 9.24. The first-order chi connectivity index (χ1) is 7.81. The van der Waals surface area contributed by atoms with Crippen LogP contribution < -0.4 is 5.73 Å². The molecule has 0 fully saturated rings. The van der Waals surface area contributed by atoms with E-state index < -0.39 is 0 Å². The SMILES string of the molecule is CCCCCCCCCCSCC(O)CN. The molecule has 3 N–H and O–H groups in total. The Labute approximate surface area is 105 Å². The van der Waals surface area contributed by atoms with Gasteiger partial charge in [-0.2, -0.15) is 11.8 Å². The van der Waals surface area contributed by atoms with Crippen molar-refractivity contribution < 1.29 is 5.11 Å². The van der Waals surface area contributed by atoms with Gasteiger partial charge >= 0.3 is 0 Å². The molecule has 0 aliphatic heterocycles. The predicted molar refractivity (Wildman–Crippen MR) is 75.0 cm³/mol. The second-order valence-corrected chi connectivity index (χ2v) is 5.59. The lowest BCUT2D eigenvalue weighted by molar-refractivity contribution is 0.208. The van der Waals surface area contributed by atoms with E-state index in [0.717, 1.165) is 5.75 Å². The van der Waals surface area contributed by atoms with Gasteiger partial charge < -0.3 is 10.8 Å². The number of aliphatic hydroxyl groups is 1. The first-order valence-electron chi connectivity index (χ1n) is 6.77. The highest BCUT2D eigenvalue weighted by Crippen LogP contribution is 2.11. The third kappa shape index (κ3) is 12.3. The van der Waals surface area contributed by atoms with Crippen molar-refractivity contribution in [2.24, 2.45) is 5.73 Å². The Morgan fingerprint density at radius 1 is 1.00 bits per heavy atom. The van der Waals surface area contributed by atoms with Crippen molar-refractivity contribution in [3.05, 3.63) is 0 Å². The number of rotatable bonds is 12. The summed E-state index contributed by atoms with van der Waals surface area (Å²) < 4.78 is 0. The summed E-state index contributed by atoms with van der Waals surface area (Å²) in [6.45, 7) is 2.65. The van der Waals surface area contributed by atoms with Gasteiger partial charge in [0.25, 0.3) is 0 Å². The highest BCUT2D eigenvalue weighted by atomic mass is 32.2. The summed E-state index contributed by atoms with van der Waals surface area (Å²) in [6.07, 6.45) is 10.7. The van der Waals surface area contributed by atoms with Crippen molar-refractivity contribution in [1.82, 2.24) is 0 Å². The van der Waals surface area contributed by atoms with Crippen LogP contribution in [0.2, 0.25) is 0 Å². The van der Waals surface area contributed by atoms with E-state index in [-0.39, 0.29) is 6.10 Å². The Bertz CT molecular complexity index is 133. The molecule has 3 heteroatoms. The summed E-state index contributed by atoms with van der Waals surface area (Å²) in [4.78, 5) is 0. The molecule has 1 atom stereocenters. The molecule has 0 heterocycles. The number of nitrogens with two attached hydrogens (primary N) is 1. The Morgan fingerprint density at radius 2 is 1.56 bits per heavy atom. The molecular formula is C13H29NOS. The van der Waals surface area contributed by atoms with Gasteiger partial charge in [0.05, 0.1) is 6.10 Å². The zero-order valence-corrected chi connectivity index (χ0v) is 11.6. The molecule has 0 amide bonds. The first-order valence-corrected chi connectivity index (χ1v) is 7.92. The van der Waals surface area contributed by atoms with Crippen molar-refractivity contribution in [2.45, 2.75) is 64.4 Å². The van der Waals surface area contributed by atoms with Crippen LogP contribution in [-0.2, 0) is 0 Å². The molecule has 0 spiro atoms. The molecule has 0 aliphatic carbocycles. The second kappa shape index (κ2) is 13.3. The van der Waals surface area contributed by atoms with Crippen molar-refractivity contribution in [2.75, 3.05) is 18.1 Å². The Hall–Kier alpha value is 0.270. The Kier molecular flexibility index (Phi) is 13.6. The topological polar surface area (TPSA) is 46.2 Å². The summed E-state index contributed by atoms with van der Waals surface area (Å²) in [6, 6.07) is 0. The molecule has 16 heavy (non-hydrogen) atoms. The van der Waals surface area contributed by atoms with Gasteiger partial charge in [-0.05, 0) is 12.2 Å². The van der Waals surface area contributed by atoms with Crippen LogP contribution in [-0.4, -0.2) is 29.3 Å². The largest absolute Gasteiger partial charge is 0.391 e. The Balaban J connectivity index is 2.93. The normalized spacial score (nSPS) is 12.9. The molecule has 0 aromatic heterocycles. The maximum absolute atomic E-state index is 9.24. The van der Waals surface area contributed by atoms with Crippen molar-refractivity contribution in [3.63, 3.8) is 0 Å². The minimum absolute atomic E-state index is 0.306. The van der Waals surface area contributed by atoms with E-state index in [4.69, 9.17) is 5.73 Å². The quantitative estimate of drug-likeness (QED) is 0.521. The van der Waals surface area contributed by atoms with Crippen molar-refractivity contribution in [3.8, 4) is 0 Å². The van der Waals surface area contributed by atoms with E-state index >= 15 is 0 Å². The highest BCUT2D eigenvalue weighted by Gasteiger charge is 1.99. The molecule has 0 rings (SSSR count). The number of thioether (sulfide) groups is 1. The van der Waals surface area contributed by atoms with E-state index in [0.29, 0.717) is 6.54 Å². The van der Waals surface area contributed by atoms with Gasteiger partial charge in [0.15, 0.2) is 0 Å². The van der Waals surface area contributed by atoms with Gasteiger partial charge in [-0.3, -0.25) is 0 Å². The maximum Gasteiger partial charge on any atom is 0.0752 e. The molecule has 0 saturated heterocycles. The van der Waals surface area contributed by atoms with E-state index in [1.165, 1.54) is 57.1 Å². The molecule has 98 valence electrons. The van der Waals surface area contributed by atoms with Gasteiger partial charge in [0.1, 0.15) is 0 Å². The Morgan fingerprint density at radius 3 is 2.12 bits per heavy atom. The van der Waals surface area contributed by atoms with Crippen LogP contribution in [0.5, 0.6) is 0 Å². The third-order valence-corrected chi connectivity index (χ3v) is 3.92. The first kappa shape index (κ1) is 16.3. The molecule has 0 aliphatic rings. The van der Waals surface area contributed by atoms with Crippen molar-refractivity contribution >= 4 is 11.8 Å². The summed E-state index contributed by atoms with van der Waals surface area (Å²) in [5.74, 6) is 1.97. The molecule has 0 aromatic carbocycles. The van der Waals surface area contributed by atoms with Crippen LogP contribution in [0.15, 0.2) is 0 Å². The number of hydrogen-bond acceptors (Lipinski definition) is 3. The van der Waals surface area contributed by atoms with Crippen LogP contribution >= 0.6 is 11.8 Å². The average Bonchev–Trinajstić information content (AvgIpc) is 2.31. The molecule has 0 saturated carbocycles. The lowest BCUT2D eigenvalue weighted by atomic mass is 10.1. The average molecular weight is 247 g/mol. The molecule has 0 aromatic rings. The monoisotopic (exact) mass is 247 g/mol. The highest BCUT2D eigenvalue weighted by molar-refractivity contribution is 7.99. The zero-order valence-electron chi connectivity index (χ0n) is 10.8. The summed E-state index contributed by atoms with van der Waals surface area (Å²) in [5, 5.41) is 9.24. The minimum Gasteiger partial charge on any atom is -0.391 e. The number of unbranched alkanes of at least 4 members (excludes halogenated alkanes) is 7. The lowest BCUT2D eigenvalue weighted by Gasteiger charge is -2.06. The van der Waals surface area contributed by atoms with Crippen LogP contribution in [0.3, 0.4) is 0 Å². The van der Waals surface area contributed by atoms with Crippen LogP contribution in [0.4, 0.5) is 0 Å². The van der Waals surface area contributed by atoms with E-state index in [9.17, 15) is 5.11 Å². The van der Waals surface area contributed by atoms with E-state index in [2.05, 4.69) is 6.92 Å². The summed E-state index contributed by atoms with van der Waals surface area (Å²) in [7, 11) is 0. The summed E-state index contributed by atoms with van der Waals surface area (Å²) in [5.41, 5.74) is 5.33. The van der Waals surface area contributed by atoms with Crippen LogP contribution in [0, 0.1) is 0 Å². The fraction of sp³-hybridized carbons (Fsp3) is 1.00. The lowest BCUT2D eigenvalue weighted by Crippen LogP contribution is -2.22. The number of hydrogen-bond donors (Lipinski definition) is 2. The van der Waals surface area contributed by atoms with Gasteiger partial charge in [-0.1, -0.05) is 51.9 Å². The third-order valence-electron chi connectivity index (χ3n) is 2.72. The van der Waals surface area contributed by atoms with E-state index in [1.807, 2.05) is 11.8 Å². The molecule has 2 nitrogen and oxygen atoms in total. The molecule has 0 bridgehead atoms. The zero-order chi connectivity index (χ0) is 12.1. The number of aliphatic hydroxyl groups excluding tert-OH is 1. The van der Waals surface area contributed by atoms with Crippen LogP contribution in [0.25, 0.3) is 0 Å². The fourth-order valence-electron chi connectivity index (χ4n) is 1.63. The second-order valence-electron chi connectivity index (χ2n) is 4.44. The predicted octanol–water partition coefficient (Wildman–Crippen LogP) is 3.18. The molecule has 0 radical (unpaired) electrons. The standard InChI is InChI=1S/C13H29NOS/c1-2-3-4-5-6-7-8-9-10-16-12-13(15)11-14/h13,15H,2-12,14H2,1H3.